The second kappa shape index (κ2) is 7.98. The lowest BCUT2D eigenvalue weighted by Crippen LogP contribution is -2.25. The van der Waals surface area contributed by atoms with Crippen molar-refractivity contribution >= 4 is 22.9 Å². The lowest BCUT2D eigenvalue weighted by Gasteiger charge is -2.11. The predicted octanol–water partition coefficient (Wildman–Crippen LogP) is 5.03. The minimum absolute atomic E-state index is 0.355. The number of methoxy groups -OCH3 is 1. The van der Waals surface area contributed by atoms with E-state index in [1.54, 1.807) is 19.3 Å². The molecule has 0 fully saturated rings. The summed E-state index contributed by atoms with van der Waals surface area (Å²) in [5.74, 6) is 0.355. The highest BCUT2D eigenvalue weighted by Gasteiger charge is 2.13. The Balaban J connectivity index is 1.78. The number of rotatable bonds is 4. The van der Waals surface area contributed by atoms with E-state index in [4.69, 9.17) is 4.74 Å². The van der Waals surface area contributed by atoms with Gasteiger partial charge in [0, 0.05) is 17.5 Å². The van der Waals surface area contributed by atoms with Crippen LogP contribution in [-0.2, 0) is 0 Å². The summed E-state index contributed by atoms with van der Waals surface area (Å²) < 4.78 is 6.35. The molecule has 29 heavy (non-hydrogen) atoms. The van der Waals surface area contributed by atoms with Crippen molar-refractivity contribution < 1.29 is 9.53 Å². The first-order valence-electron chi connectivity index (χ1n) is 9.24. The number of ether oxygens (including phenoxy) is 1. The smallest absolute Gasteiger partial charge is 0.258 e. The topological polar surface area (TPSA) is 48.3 Å². The maximum absolute atomic E-state index is 12.9. The maximum atomic E-state index is 12.9. The van der Waals surface area contributed by atoms with Gasteiger partial charge < -0.3 is 4.74 Å². The summed E-state index contributed by atoms with van der Waals surface area (Å²) in [5, 5.41) is 0.851. The lowest BCUT2D eigenvalue weighted by molar-refractivity contribution is 0.0971. The van der Waals surface area contributed by atoms with Gasteiger partial charge in [0.05, 0.1) is 12.6 Å². The fourth-order valence-electron chi connectivity index (χ4n) is 3.32. The zero-order chi connectivity index (χ0) is 20.2. The van der Waals surface area contributed by atoms with Crippen LogP contribution in [0.25, 0.3) is 28.1 Å². The number of hydrogen-bond acceptors (Lipinski definition) is 3. The Bertz CT molecular complexity index is 1250. The number of pyridine rings is 1. The minimum Gasteiger partial charge on any atom is -0.497 e. The Morgan fingerprint density at radius 2 is 1.59 bits per heavy atom. The Morgan fingerprint density at radius 3 is 2.31 bits per heavy atom. The monoisotopic (exact) mass is 381 g/mol. The Morgan fingerprint density at radius 1 is 0.897 bits per heavy atom. The molecule has 0 radical (unpaired) electrons. The number of carbonyl (C=O) groups is 1. The summed E-state index contributed by atoms with van der Waals surface area (Å²) >= 11 is 0. The molecule has 0 atom stereocenters. The third-order valence-corrected chi connectivity index (χ3v) is 4.76. The Hall–Kier alpha value is -3.92. The summed E-state index contributed by atoms with van der Waals surface area (Å²) in [7, 11) is 1.60. The van der Waals surface area contributed by atoms with Gasteiger partial charge in [-0.15, -0.1) is 0 Å². The largest absolute Gasteiger partial charge is 0.497 e. The van der Waals surface area contributed by atoms with Crippen molar-refractivity contribution in [3.05, 3.63) is 107 Å². The van der Waals surface area contributed by atoms with Crippen LogP contribution >= 0.6 is 0 Å². The van der Waals surface area contributed by atoms with Crippen LogP contribution in [0.1, 0.15) is 10.4 Å². The normalized spacial score (nSPS) is 11.1. The van der Waals surface area contributed by atoms with Crippen LogP contribution in [0, 0.1) is 0 Å². The van der Waals surface area contributed by atoms with E-state index in [0.717, 1.165) is 27.8 Å². The molecule has 0 bridgehead atoms. The zero-order valence-electron chi connectivity index (χ0n) is 15.9. The molecule has 0 unspecified atom stereocenters. The van der Waals surface area contributed by atoms with Crippen molar-refractivity contribution in [3.8, 4) is 16.9 Å². The molecule has 3 aromatic carbocycles. The molecule has 1 aromatic heterocycles. The van der Waals surface area contributed by atoms with Gasteiger partial charge in [0.15, 0.2) is 0 Å². The second-order valence-electron chi connectivity index (χ2n) is 6.56. The number of carbonyl (C=O) groups excluding carboxylic acids is 1. The number of para-hydroxylation sites is 1. The van der Waals surface area contributed by atoms with E-state index in [1.165, 1.54) is 16.7 Å². The molecule has 0 aliphatic heterocycles. The van der Waals surface area contributed by atoms with Crippen molar-refractivity contribution in [1.29, 1.82) is 0 Å². The molecule has 0 saturated heterocycles. The Kier molecular flexibility index (Phi) is 5.08. The predicted molar refractivity (Wildman–Crippen MR) is 116 cm³/mol. The molecular formula is C25H19NO3. The summed E-state index contributed by atoms with van der Waals surface area (Å²) in [6.45, 7) is 0. The molecule has 4 nitrogen and oxygen atoms in total. The van der Waals surface area contributed by atoms with Crippen molar-refractivity contribution in [2.45, 2.75) is 0 Å². The molecule has 0 amide bonds. The number of benzene rings is 3. The van der Waals surface area contributed by atoms with Gasteiger partial charge in [-0.3, -0.25) is 9.59 Å². The van der Waals surface area contributed by atoms with E-state index in [9.17, 15) is 9.59 Å². The summed E-state index contributed by atoms with van der Waals surface area (Å²) in [6, 6.07) is 26.0. The highest BCUT2D eigenvalue weighted by molar-refractivity contribution is 6.03. The van der Waals surface area contributed by atoms with Gasteiger partial charge in [-0.05, 0) is 41.0 Å². The van der Waals surface area contributed by atoms with Crippen LogP contribution in [0.15, 0.2) is 95.8 Å². The summed E-state index contributed by atoms with van der Waals surface area (Å²) in [4.78, 5) is 25.7. The standard InChI is InChI=1S/C25H19NO3/c1-29-20-14-11-18(12-15-20)13-16-24(27)26-23-10-6-5-9-21(23)22(17-25(26)28)19-7-3-2-4-8-19/h2-17H,1H3. The van der Waals surface area contributed by atoms with E-state index >= 15 is 0 Å². The molecule has 0 spiro atoms. The molecule has 0 N–H and O–H groups in total. The van der Waals surface area contributed by atoms with Gasteiger partial charge in [-0.1, -0.05) is 60.7 Å². The number of fused-ring (bicyclic) bond motifs is 1. The Labute approximate surface area is 168 Å². The molecule has 0 aliphatic carbocycles. The zero-order valence-corrected chi connectivity index (χ0v) is 15.9. The SMILES string of the molecule is COc1ccc(C=CC(=O)n2c(=O)cc(-c3ccccc3)c3ccccc32)cc1. The van der Waals surface area contributed by atoms with Crippen molar-refractivity contribution in [3.63, 3.8) is 0 Å². The second-order valence-corrected chi connectivity index (χ2v) is 6.56. The van der Waals surface area contributed by atoms with Gasteiger partial charge >= 0.3 is 0 Å². The van der Waals surface area contributed by atoms with Crippen LogP contribution in [0.2, 0.25) is 0 Å². The van der Waals surface area contributed by atoms with Crippen LogP contribution < -0.4 is 10.3 Å². The first-order valence-corrected chi connectivity index (χ1v) is 9.24. The highest BCUT2D eigenvalue weighted by Crippen LogP contribution is 2.27. The van der Waals surface area contributed by atoms with Crippen molar-refractivity contribution in [1.82, 2.24) is 4.57 Å². The fourth-order valence-corrected chi connectivity index (χ4v) is 3.32. The average molecular weight is 381 g/mol. The van der Waals surface area contributed by atoms with Crippen LogP contribution in [-0.4, -0.2) is 17.6 Å². The van der Waals surface area contributed by atoms with E-state index < -0.39 is 0 Å². The van der Waals surface area contributed by atoms with Gasteiger partial charge in [0.2, 0.25) is 0 Å². The molecule has 0 aliphatic rings. The third kappa shape index (κ3) is 3.73. The highest BCUT2D eigenvalue weighted by atomic mass is 16.5. The number of nitrogens with zero attached hydrogens (tertiary/aromatic N) is 1. The van der Waals surface area contributed by atoms with Crippen molar-refractivity contribution in [2.75, 3.05) is 7.11 Å². The quantitative estimate of drug-likeness (QED) is 0.466. The van der Waals surface area contributed by atoms with Crippen LogP contribution in [0.5, 0.6) is 5.75 Å². The minimum atomic E-state index is -0.387. The average Bonchev–Trinajstić information content (AvgIpc) is 2.78. The van der Waals surface area contributed by atoms with Gasteiger partial charge in [-0.25, -0.2) is 4.57 Å². The van der Waals surface area contributed by atoms with E-state index in [1.807, 2.05) is 72.8 Å². The van der Waals surface area contributed by atoms with Gasteiger partial charge in [0.25, 0.3) is 11.5 Å². The molecular weight excluding hydrogens is 362 g/mol. The molecule has 4 rings (SSSR count). The van der Waals surface area contributed by atoms with Crippen molar-refractivity contribution in [2.24, 2.45) is 0 Å². The molecule has 0 saturated carbocycles. The molecule has 4 aromatic rings. The lowest BCUT2D eigenvalue weighted by atomic mass is 10.0. The summed E-state index contributed by atoms with van der Waals surface area (Å²) in [6.07, 6.45) is 3.10. The van der Waals surface area contributed by atoms with Crippen LogP contribution in [0.4, 0.5) is 0 Å². The maximum Gasteiger partial charge on any atom is 0.258 e. The van der Waals surface area contributed by atoms with Gasteiger partial charge in [-0.2, -0.15) is 0 Å². The van der Waals surface area contributed by atoms with E-state index in [0.29, 0.717) is 5.52 Å². The van der Waals surface area contributed by atoms with Crippen LogP contribution in [0.3, 0.4) is 0 Å². The first kappa shape index (κ1) is 18.4. The first-order chi connectivity index (χ1) is 14.2. The number of hydrogen-bond donors (Lipinski definition) is 0. The summed E-state index contributed by atoms with van der Waals surface area (Å²) in [5.41, 5.74) is 2.83. The molecule has 1 heterocycles. The number of allylic oxidation sites excluding steroid dienone is 1. The third-order valence-electron chi connectivity index (χ3n) is 4.76. The van der Waals surface area contributed by atoms with E-state index in [2.05, 4.69) is 0 Å². The molecule has 142 valence electrons. The fraction of sp³-hybridized carbons (Fsp3) is 0.0400. The molecule has 4 heteroatoms. The van der Waals surface area contributed by atoms with Gasteiger partial charge in [0.1, 0.15) is 5.75 Å². The van der Waals surface area contributed by atoms with E-state index in [-0.39, 0.29) is 11.5 Å². The number of aromatic nitrogens is 1.